The van der Waals surface area contributed by atoms with Crippen molar-refractivity contribution >= 4 is 11.9 Å². The fraction of sp³-hybridized carbons (Fsp3) is 0.778. The predicted octanol–water partition coefficient (Wildman–Crippen LogP) is 0.664. The molecule has 0 amide bonds. The number of carbonyl (C=O) groups excluding carboxylic acids is 2. The third kappa shape index (κ3) is 2.83. The number of carbonyl (C=O) groups is 2. The summed E-state index contributed by atoms with van der Waals surface area (Å²) in [6, 6.07) is 0. The second kappa shape index (κ2) is 7.35. The number of fused-ring (bicyclic) bond motifs is 1. The molecule has 11 atom stereocenters. The molecule has 10 nitrogen and oxygen atoms in total. The van der Waals surface area contributed by atoms with Crippen molar-refractivity contribution in [1.29, 1.82) is 0 Å². The standard InChI is InChI=1S/C27H34O10/c1-23(31)7-8-25-13-34-22(30)21-26(37-21)9-10-33-15(19(26)29)5-3-4-6-18(28)35-16-11-17-27(32,24(16,25)2)12-14(23)20(25)36-17/h4-6,14,16-17,19-21,29,31-32H,3,7-13H2,1-2H3. The number of hydrogen-bond acceptors (Lipinski definition) is 10. The van der Waals surface area contributed by atoms with Gasteiger partial charge in [0, 0.05) is 35.7 Å². The van der Waals surface area contributed by atoms with Crippen LogP contribution in [-0.4, -0.2) is 87.8 Å². The van der Waals surface area contributed by atoms with Crippen LogP contribution in [-0.2, 0) is 33.3 Å². The summed E-state index contributed by atoms with van der Waals surface area (Å²) in [5.74, 6) is -1.18. The van der Waals surface area contributed by atoms with Gasteiger partial charge < -0.3 is 39.0 Å². The molecule has 0 aromatic rings. The third-order valence-corrected chi connectivity index (χ3v) is 11.0. The lowest BCUT2D eigenvalue weighted by molar-refractivity contribution is -0.377. The number of rotatable bonds is 0. The average Bonchev–Trinajstić information content (AvgIpc) is 3.54. The van der Waals surface area contributed by atoms with E-state index in [-0.39, 0.29) is 19.1 Å². The van der Waals surface area contributed by atoms with Gasteiger partial charge in [-0.2, -0.15) is 0 Å². The Morgan fingerprint density at radius 3 is 2.68 bits per heavy atom. The van der Waals surface area contributed by atoms with E-state index < -0.39 is 70.1 Å². The SMILES string of the molecule is CC1(O)CCC23COC(=O)C4OC45CCOC(=CCC=CC(=O)OC4CC6OC2C1CC6(O)C43C)C5O. The number of epoxide rings is 1. The van der Waals surface area contributed by atoms with Gasteiger partial charge in [-0.25, -0.2) is 9.59 Å². The zero-order chi connectivity index (χ0) is 26.0. The number of esters is 2. The highest BCUT2D eigenvalue weighted by atomic mass is 16.7. The van der Waals surface area contributed by atoms with Crippen LogP contribution in [0, 0.1) is 16.7 Å². The Balaban J connectivity index is 1.30. The summed E-state index contributed by atoms with van der Waals surface area (Å²) in [6.07, 6.45) is 3.03. The minimum absolute atomic E-state index is 0.0796. The summed E-state index contributed by atoms with van der Waals surface area (Å²) in [6.45, 7) is 3.89. The van der Waals surface area contributed by atoms with Gasteiger partial charge in [-0.3, -0.25) is 0 Å². The van der Waals surface area contributed by atoms with Crippen molar-refractivity contribution in [3.05, 3.63) is 24.0 Å². The van der Waals surface area contributed by atoms with Gasteiger partial charge in [-0.1, -0.05) is 13.0 Å². The zero-order valence-electron chi connectivity index (χ0n) is 21.1. The molecule has 2 spiro atoms. The number of aliphatic hydroxyl groups is 3. The van der Waals surface area contributed by atoms with Crippen LogP contribution in [0.5, 0.6) is 0 Å². The Labute approximate surface area is 214 Å². The molecule has 3 aliphatic carbocycles. The number of hydrogen-bond donors (Lipinski definition) is 3. The van der Waals surface area contributed by atoms with Crippen molar-refractivity contribution in [2.45, 2.75) is 99.7 Å². The van der Waals surface area contributed by atoms with Gasteiger partial charge in [0.1, 0.15) is 35.8 Å². The van der Waals surface area contributed by atoms with E-state index in [4.69, 9.17) is 23.7 Å². The summed E-state index contributed by atoms with van der Waals surface area (Å²) >= 11 is 0. The van der Waals surface area contributed by atoms with E-state index in [1.807, 2.05) is 6.92 Å². The molecule has 5 aliphatic heterocycles. The molecular formula is C27H34O10. The van der Waals surface area contributed by atoms with Crippen LogP contribution in [0.2, 0.25) is 0 Å². The number of allylic oxidation sites excluding steroid dienone is 2. The molecule has 37 heavy (non-hydrogen) atoms. The zero-order valence-corrected chi connectivity index (χ0v) is 21.1. The van der Waals surface area contributed by atoms with Crippen molar-refractivity contribution in [2.24, 2.45) is 16.7 Å². The van der Waals surface area contributed by atoms with Crippen LogP contribution in [0.1, 0.15) is 52.4 Å². The monoisotopic (exact) mass is 518 g/mol. The van der Waals surface area contributed by atoms with Crippen LogP contribution in [0.4, 0.5) is 0 Å². The maximum atomic E-state index is 13.3. The lowest BCUT2D eigenvalue weighted by Crippen LogP contribution is -2.80. The molecule has 0 aromatic carbocycles. The molecule has 4 saturated heterocycles. The minimum atomic E-state index is -1.37. The molecule has 7 fully saturated rings. The first-order valence-corrected chi connectivity index (χ1v) is 13.3. The summed E-state index contributed by atoms with van der Waals surface area (Å²) in [7, 11) is 0. The van der Waals surface area contributed by atoms with Crippen molar-refractivity contribution in [2.75, 3.05) is 13.2 Å². The van der Waals surface area contributed by atoms with Crippen molar-refractivity contribution in [3.63, 3.8) is 0 Å². The van der Waals surface area contributed by atoms with E-state index >= 15 is 0 Å². The average molecular weight is 519 g/mol. The van der Waals surface area contributed by atoms with Crippen molar-refractivity contribution < 1.29 is 48.6 Å². The van der Waals surface area contributed by atoms with Crippen LogP contribution in [0.15, 0.2) is 24.0 Å². The molecule has 8 rings (SSSR count). The third-order valence-electron chi connectivity index (χ3n) is 11.0. The van der Waals surface area contributed by atoms with Gasteiger partial charge >= 0.3 is 11.9 Å². The van der Waals surface area contributed by atoms with Crippen LogP contribution in [0.3, 0.4) is 0 Å². The number of aliphatic hydroxyl groups excluding tert-OH is 1. The lowest BCUT2D eigenvalue weighted by atomic mass is 9.40. The van der Waals surface area contributed by atoms with Crippen molar-refractivity contribution in [3.8, 4) is 0 Å². The Kier molecular flexibility index (Phi) is 4.79. The molecule has 0 aromatic heterocycles. The van der Waals surface area contributed by atoms with E-state index in [1.54, 1.807) is 19.1 Å². The molecule has 11 unspecified atom stereocenters. The van der Waals surface area contributed by atoms with E-state index in [0.29, 0.717) is 44.3 Å². The first-order chi connectivity index (χ1) is 17.5. The second-order valence-corrected chi connectivity index (χ2v) is 12.5. The van der Waals surface area contributed by atoms with Gasteiger partial charge in [0.05, 0.1) is 24.4 Å². The quantitative estimate of drug-likeness (QED) is 0.309. The molecule has 0 radical (unpaired) electrons. The summed E-state index contributed by atoms with van der Waals surface area (Å²) < 4.78 is 29.8. The van der Waals surface area contributed by atoms with Crippen LogP contribution in [0.25, 0.3) is 0 Å². The van der Waals surface area contributed by atoms with Gasteiger partial charge in [0.25, 0.3) is 0 Å². The lowest BCUT2D eigenvalue weighted by Gasteiger charge is -2.71. The van der Waals surface area contributed by atoms with E-state index in [0.717, 1.165) is 0 Å². The highest BCUT2D eigenvalue weighted by Gasteiger charge is 2.84. The molecule has 3 N–H and O–H groups in total. The van der Waals surface area contributed by atoms with Crippen molar-refractivity contribution in [1.82, 2.24) is 0 Å². The Bertz CT molecular complexity index is 1110. The maximum absolute atomic E-state index is 13.3. The largest absolute Gasteiger partial charge is 0.495 e. The summed E-state index contributed by atoms with van der Waals surface area (Å²) in [5, 5.41) is 34.4. The molecule has 202 valence electrons. The smallest absolute Gasteiger partial charge is 0.338 e. The summed E-state index contributed by atoms with van der Waals surface area (Å²) in [4.78, 5) is 26.2. The van der Waals surface area contributed by atoms with E-state index in [2.05, 4.69) is 0 Å². The summed E-state index contributed by atoms with van der Waals surface area (Å²) in [5.41, 5.74) is -5.36. The van der Waals surface area contributed by atoms with Gasteiger partial charge in [-0.05, 0) is 38.7 Å². The number of ether oxygens (including phenoxy) is 5. The van der Waals surface area contributed by atoms with E-state index in [9.17, 15) is 24.9 Å². The topological polar surface area (TPSA) is 144 Å². The van der Waals surface area contributed by atoms with E-state index in [1.165, 1.54) is 6.08 Å². The first-order valence-electron chi connectivity index (χ1n) is 13.3. The Morgan fingerprint density at radius 1 is 1.05 bits per heavy atom. The minimum Gasteiger partial charge on any atom is -0.495 e. The molecule has 3 saturated carbocycles. The maximum Gasteiger partial charge on any atom is 0.338 e. The first kappa shape index (κ1) is 24.1. The highest BCUT2D eigenvalue weighted by Crippen LogP contribution is 2.74. The van der Waals surface area contributed by atoms with Gasteiger partial charge in [-0.15, -0.1) is 0 Å². The number of cyclic esters (lactones) is 1. The fourth-order valence-corrected chi connectivity index (χ4v) is 8.70. The molecule has 5 heterocycles. The van der Waals surface area contributed by atoms with Gasteiger partial charge in [0.15, 0.2) is 6.10 Å². The van der Waals surface area contributed by atoms with Gasteiger partial charge in [0.2, 0.25) is 0 Å². The van der Waals surface area contributed by atoms with Crippen LogP contribution < -0.4 is 0 Å². The Morgan fingerprint density at radius 2 is 1.86 bits per heavy atom. The Hall–Kier alpha value is -1.98. The highest BCUT2D eigenvalue weighted by molar-refractivity contribution is 5.82. The second-order valence-electron chi connectivity index (χ2n) is 12.5. The fourth-order valence-electron chi connectivity index (χ4n) is 8.70. The van der Waals surface area contributed by atoms with Crippen LogP contribution >= 0.6 is 0 Å². The predicted molar refractivity (Wildman–Crippen MR) is 124 cm³/mol. The molecule has 8 bridgehead atoms. The normalized spacial score (nSPS) is 56.0. The molecule has 8 aliphatic rings. The molecule has 10 heteroatoms. The molecular weight excluding hydrogens is 484 g/mol.